The van der Waals surface area contributed by atoms with Gasteiger partial charge in [0.05, 0.1) is 13.7 Å². The number of ether oxygens (including phenoxy) is 2. The average Bonchev–Trinajstić information content (AvgIpc) is 2.36. The Morgan fingerprint density at radius 2 is 2.12 bits per heavy atom. The van der Waals surface area contributed by atoms with E-state index in [1.54, 1.807) is 7.11 Å². The van der Waals surface area contributed by atoms with E-state index in [0.717, 1.165) is 29.2 Å². The van der Waals surface area contributed by atoms with Crippen molar-refractivity contribution in [1.29, 1.82) is 0 Å². The first-order valence-corrected chi connectivity index (χ1v) is 7.17. The van der Waals surface area contributed by atoms with Crippen LogP contribution in [0.15, 0.2) is 18.2 Å². The van der Waals surface area contributed by atoms with Gasteiger partial charge in [0.15, 0.2) is 11.5 Å². The molecule has 4 heteroatoms. The fourth-order valence-corrected chi connectivity index (χ4v) is 2.09. The minimum atomic E-state index is 0.0626. The molecular weight excluding hydrogens is 234 g/mol. The maximum Gasteiger partial charge on any atom is 0.161 e. The van der Waals surface area contributed by atoms with E-state index in [2.05, 4.69) is 6.26 Å². The van der Waals surface area contributed by atoms with E-state index in [1.165, 1.54) is 0 Å². The average molecular weight is 255 g/mol. The summed E-state index contributed by atoms with van der Waals surface area (Å²) in [5, 5.41) is 0. The molecule has 0 aromatic heterocycles. The fourth-order valence-electron chi connectivity index (χ4n) is 1.60. The van der Waals surface area contributed by atoms with Crippen LogP contribution in [0.3, 0.4) is 0 Å². The molecule has 0 saturated heterocycles. The third-order valence-electron chi connectivity index (χ3n) is 2.55. The summed E-state index contributed by atoms with van der Waals surface area (Å²) in [6, 6.07) is 5.96. The van der Waals surface area contributed by atoms with Crippen LogP contribution in [0.4, 0.5) is 0 Å². The van der Waals surface area contributed by atoms with E-state index in [0.29, 0.717) is 6.61 Å². The predicted octanol–water partition coefficient (Wildman–Crippen LogP) is 2.85. The van der Waals surface area contributed by atoms with Gasteiger partial charge in [-0.3, -0.25) is 0 Å². The van der Waals surface area contributed by atoms with Gasteiger partial charge in [0.25, 0.3) is 0 Å². The maximum atomic E-state index is 6.13. The number of rotatable bonds is 7. The Morgan fingerprint density at radius 3 is 2.71 bits per heavy atom. The molecule has 0 aliphatic heterocycles. The Hall–Kier alpha value is -0.870. The van der Waals surface area contributed by atoms with Gasteiger partial charge in [0, 0.05) is 6.04 Å². The van der Waals surface area contributed by atoms with E-state index in [4.69, 9.17) is 15.2 Å². The summed E-state index contributed by atoms with van der Waals surface area (Å²) in [6.07, 6.45) is 3.06. The molecule has 0 aliphatic rings. The number of benzene rings is 1. The molecule has 0 bridgehead atoms. The highest BCUT2D eigenvalue weighted by atomic mass is 32.2. The fraction of sp³-hybridized carbons (Fsp3) is 0.538. The topological polar surface area (TPSA) is 44.5 Å². The van der Waals surface area contributed by atoms with Crippen LogP contribution in [0, 0.1) is 0 Å². The summed E-state index contributed by atoms with van der Waals surface area (Å²) in [5.41, 5.74) is 7.23. The Bertz CT molecular complexity index is 344. The lowest BCUT2D eigenvalue weighted by atomic mass is 10.0. The second-order valence-corrected chi connectivity index (χ2v) is 4.72. The van der Waals surface area contributed by atoms with Gasteiger partial charge >= 0.3 is 0 Å². The molecule has 3 nitrogen and oxygen atoms in total. The molecule has 0 spiro atoms. The van der Waals surface area contributed by atoms with Crippen LogP contribution in [0.5, 0.6) is 11.5 Å². The molecule has 1 atom stereocenters. The maximum absolute atomic E-state index is 6.13. The van der Waals surface area contributed by atoms with Crippen molar-refractivity contribution in [1.82, 2.24) is 0 Å². The molecule has 0 fully saturated rings. The summed E-state index contributed by atoms with van der Waals surface area (Å²) in [4.78, 5) is 0. The summed E-state index contributed by atoms with van der Waals surface area (Å²) in [7, 11) is 1.64. The third-order valence-corrected chi connectivity index (χ3v) is 3.19. The number of methoxy groups -OCH3 is 1. The second kappa shape index (κ2) is 7.45. The highest BCUT2D eigenvalue weighted by molar-refractivity contribution is 7.98. The largest absolute Gasteiger partial charge is 0.493 e. The lowest BCUT2D eigenvalue weighted by Crippen LogP contribution is -2.11. The van der Waals surface area contributed by atoms with Gasteiger partial charge in [-0.2, -0.15) is 11.8 Å². The standard InChI is InChI=1S/C13H21NO2S/c1-4-16-13-9-10(5-6-12(13)15-2)11(14)7-8-17-3/h5-6,9,11H,4,7-8,14H2,1-3H3. The first-order valence-electron chi connectivity index (χ1n) is 5.78. The lowest BCUT2D eigenvalue weighted by molar-refractivity contribution is 0.310. The predicted molar refractivity (Wildman–Crippen MR) is 74.1 cm³/mol. The monoisotopic (exact) mass is 255 g/mol. The van der Waals surface area contributed by atoms with Crippen LogP contribution in [-0.4, -0.2) is 25.7 Å². The smallest absolute Gasteiger partial charge is 0.161 e. The molecule has 0 heterocycles. The van der Waals surface area contributed by atoms with Crippen molar-refractivity contribution >= 4 is 11.8 Å². The van der Waals surface area contributed by atoms with Crippen molar-refractivity contribution in [2.24, 2.45) is 5.73 Å². The van der Waals surface area contributed by atoms with E-state index < -0.39 is 0 Å². The van der Waals surface area contributed by atoms with Crippen molar-refractivity contribution in [2.45, 2.75) is 19.4 Å². The summed E-state index contributed by atoms with van der Waals surface area (Å²) in [6.45, 7) is 2.58. The van der Waals surface area contributed by atoms with Crippen LogP contribution in [0.1, 0.15) is 24.9 Å². The van der Waals surface area contributed by atoms with Crippen LogP contribution in [0.2, 0.25) is 0 Å². The lowest BCUT2D eigenvalue weighted by Gasteiger charge is -2.15. The van der Waals surface area contributed by atoms with Gasteiger partial charge in [-0.05, 0) is 43.0 Å². The van der Waals surface area contributed by atoms with Gasteiger partial charge in [-0.25, -0.2) is 0 Å². The molecule has 1 rings (SSSR count). The molecular formula is C13H21NO2S. The van der Waals surface area contributed by atoms with Crippen LogP contribution in [-0.2, 0) is 0 Å². The third kappa shape index (κ3) is 4.13. The number of nitrogens with two attached hydrogens (primary N) is 1. The van der Waals surface area contributed by atoms with Crippen molar-refractivity contribution in [2.75, 3.05) is 25.7 Å². The van der Waals surface area contributed by atoms with E-state index in [1.807, 2.05) is 36.9 Å². The zero-order chi connectivity index (χ0) is 12.7. The highest BCUT2D eigenvalue weighted by Crippen LogP contribution is 2.30. The van der Waals surface area contributed by atoms with Crippen LogP contribution in [0.25, 0.3) is 0 Å². The molecule has 2 N–H and O–H groups in total. The summed E-state index contributed by atoms with van der Waals surface area (Å²) < 4.78 is 10.8. The molecule has 1 aromatic carbocycles. The SMILES string of the molecule is CCOc1cc(C(N)CCSC)ccc1OC. The van der Waals surface area contributed by atoms with Crippen LogP contribution >= 0.6 is 11.8 Å². The Kier molecular flexibility index (Phi) is 6.22. The number of hydrogen-bond acceptors (Lipinski definition) is 4. The Balaban J connectivity index is 2.83. The number of hydrogen-bond donors (Lipinski definition) is 1. The van der Waals surface area contributed by atoms with Gasteiger partial charge in [-0.1, -0.05) is 6.07 Å². The summed E-state index contributed by atoms with van der Waals surface area (Å²) >= 11 is 1.81. The summed E-state index contributed by atoms with van der Waals surface area (Å²) in [5.74, 6) is 2.59. The highest BCUT2D eigenvalue weighted by Gasteiger charge is 2.10. The van der Waals surface area contributed by atoms with E-state index in [9.17, 15) is 0 Å². The molecule has 0 saturated carbocycles. The molecule has 0 radical (unpaired) electrons. The zero-order valence-corrected chi connectivity index (χ0v) is 11.5. The van der Waals surface area contributed by atoms with E-state index >= 15 is 0 Å². The van der Waals surface area contributed by atoms with Crippen LogP contribution < -0.4 is 15.2 Å². The quantitative estimate of drug-likeness (QED) is 0.813. The molecule has 0 amide bonds. The van der Waals surface area contributed by atoms with Crippen molar-refractivity contribution in [3.63, 3.8) is 0 Å². The molecule has 1 unspecified atom stereocenters. The first-order chi connectivity index (χ1) is 8.22. The van der Waals surface area contributed by atoms with Crippen molar-refractivity contribution < 1.29 is 9.47 Å². The van der Waals surface area contributed by atoms with Gasteiger partial charge < -0.3 is 15.2 Å². The normalized spacial score (nSPS) is 12.2. The molecule has 17 heavy (non-hydrogen) atoms. The molecule has 0 aliphatic carbocycles. The Morgan fingerprint density at radius 1 is 1.35 bits per heavy atom. The first kappa shape index (κ1) is 14.2. The van der Waals surface area contributed by atoms with E-state index in [-0.39, 0.29) is 6.04 Å². The number of thioether (sulfide) groups is 1. The van der Waals surface area contributed by atoms with Gasteiger partial charge in [0.2, 0.25) is 0 Å². The van der Waals surface area contributed by atoms with Gasteiger partial charge in [-0.15, -0.1) is 0 Å². The van der Waals surface area contributed by atoms with Crippen molar-refractivity contribution in [3.8, 4) is 11.5 Å². The van der Waals surface area contributed by atoms with Gasteiger partial charge in [0.1, 0.15) is 0 Å². The molecule has 1 aromatic rings. The zero-order valence-electron chi connectivity index (χ0n) is 10.7. The minimum Gasteiger partial charge on any atom is -0.493 e. The Labute approximate surface area is 108 Å². The molecule has 96 valence electrons. The second-order valence-electron chi connectivity index (χ2n) is 3.73. The minimum absolute atomic E-state index is 0.0626. The van der Waals surface area contributed by atoms with Crippen molar-refractivity contribution in [3.05, 3.63) is 23.8 Å².